The van der Waals surface area contributed by atoms with Crippen molar-refractivity contribution in [2.75, 3.05) is 0 Å². The summed E-state index contributed by atoms with van der Waals surface area (Å²) in [6.45, 7) is 1.99. The molecule has 0 bridgehead atoms. The van der Waals surface area contributed by atoms with E-state index >= 15 is 0 Å². The zero-order valence-corrected chi connectivity index (χ0v) is 8.61. The molecule has 0 aromatic carbocycles. The van der Waals surface area contributed by atoms with Gasteiger partial charge in [-0.25, -0.2) is 9.97 Å². The van der Waals surface area contributed by atoms with E-state index in [1.165, 1.54) is 19.3 Å². The Bertz CT molecular complexity index is 290. The second-order valence-corrected chi connectivity index (χ2v) is 4.26. The average molecular weight is 191 g/mol. The topological polar surface area (TPSA) is 51.8 Å². The molecule has 1 unspecified atom stereocenters. The quantitative estimate of drug-likeness (QED) is 0.794. The van der Waals surface area contributed by atoms with Crippen LogP contribution in [0.4, 0.5) is 0 Å². The number of hydrogen-bond donors (Lipinski definition) is 1. The predicted octanol–water partition coefficient (Wildman–Crippen LogP) is 1.98. The Morgan fingerprint density at radius 2 is 2.07 bits per heavy atom. The van der Waals surface area contributed by atoms with Gasteiger partial charge in [0, 0.05) is 12.4 Å². The van der Waals surface area contributed by atoms with Crippen molar-refractivity contribution in [2.24, 2.45) is 11.7 Å². The minimum atomic E-state index is 0.0286. The van der Waals surface area contributed by atoms with E-state index < -0.39 is 0 Å². The fourth-order valence-corrected chi connectivity index (χ4v) is 1.79. The van der Waals surface area contributed by atoms with Crippen molar-refractivity contribution in [3.05, 3.63) is 23.8 Å². The van der Waals surface area contributed by atoms with Crippen LogP contribution in [-0.4, -0.2) is 9.97 Å². The van der Waals surface area contributed by atoms with Gasteiger partial charge in [-0.3, -0.25) is 0 Å². The molecular weight excluding hydrogens is 174 g/mol. The lowest BCUT2D eigenvalue weighted by Gasteiger charge is -2.27. The van der Waals surface area contributed by atoms with E-state index in [0.717, 1.165) is 23.7 Å². The lowest BCUT2D eigenvalue weighted by atomic mass is 9.81. The number of aryl methyl sites for hydroxylation is 1. The Morgan fingerprint density at radius 1 is 1.43 bits per heavy atom. The summed E-state index contributed by atoms with van der Waals surface area (Å²) in [6.07, 6.45) is 8.75. The van der Waals surface area contributed by atoms with Crippen LogP contribution < -0.4 is 5.73 Å². The minimum Gasteiger partial charge on any atom is -0.321 e. The standard InChI is InChI=1S/C11H17N3/c1-8-6-13-11(14-7-8)10(12)5-9-3-2-4-9/h6-7,9-10H,2-5,12H2,1H3. The van der Waals surface area contributed by atoms with Gasteiger partial charge in [-0.05, 0) is 24.8 Å². The van der Waals surface area contributed by atoms with Crippen LogP contribution in [0.1, 0.15) is 43.1 Å². The van der Waals surface area contributed by atoms with Gasteiger partial charge in [0.1, 0.15) is 5.82 Å². The molecule has 3 heteroatoms. The highest BCUT2D eigenvalue weighted by atomic mass is 14.9. The number of nitrogens with zero attached hydrogens (tertiary/aromatic N) is 2. The zero-order valence-electron chi connectivity index (χ0n) is 8.61. The van der Waals surface area contributed by atoms with Crippen molar-refractivity contribution in [2.45, 2.75) is 38.6 Å². The van der Waals surface area contributed by atoms with Crippen molar-refractivity contribution in [3.8, 4) is 0 Å². The second kappa shape index (κ2) is 4.05. The molecule has 3 nitrogen and oxygen atoms in total. The van der Waals surface area contributed by atoms with E-state index in [2.05, 4.69) is 9.97 Å². The SMILES string of the molecule is Cc1cnc(C(N)CC2CCC2)nc1. The maximum Gasteiger partial charge on any atom is 0.144 e. The number of nitrogens with two attached hydrogens (primary N) is 1. The molecule has 0 aliphatic heterocycles. The Hall–Kier alpha value is -0.960. The highest BCUT2D eigenvalue weighted by Gasteiger charge is 2.21. The maximum atomic E-state index is 6.03. The van der Waals surface area contributed by atoms with Crippen LogP contribution in [0.5, 0.6) is 0 Å². The molecular formula is C11H17N3. The molecule has 1 aliphatic carbocycles. The third-order valence-corrected chi connectivity index (χ3v) is 2.94. The van der Waals surface area contributed by atoms with Crippen molar-refractivity contribution >= 4 is 0 Å². The zero-order chi connectivity index (χ0) is 9.97. The monoisotopic (exact) mass is 191 g/mol. The summed E-state index contributed by atoms with van der Waals surface area (Å²) in [5.41, 5.74) is 7.12. The van der Waals surface area contributed by atoms with Crippen molar-refractivity contribution in [1.82, 2.24) is 9.97 Å². The maximum absolute atomic E-state index is 6.03. The van der Waals surface area contributed by atoms with Gasteiger partial charge in [0.15, 0.2) is 0 Å². The molecule has 1 heterocycles. The summed E-state index contributed by atoms with van der Waals surface area (Å²) in [7, 11) is 0. The Morgan fingerprint density at radius 3 is 2.57 bits per heavy atom. The largest absolute Gasteiger partial charge is 0.321 e. The first-order valence-electron chi connectivity index (χ1n) is 5.30. The molecule has 1 fully saturated rings. The molecule has 0 saturated heterocycles. The highest BCUT2D eigenvalue weighted by Crippen LogP contribution is 2.32. The fraction of sp³-hybridized carbons (Fsp3) is 0.636. The van der Waals surface area contributed by atoms with Gasteiger partial charge in [-0.15, -0.1) is 0 Å². The van der Waals surface area contributed by atoms with Crippen LogP contribution in [0.2, 0.25) is 0 Å². The van der Waals surface area contributed by atoms with E-state index in [0.29, 0.717) is 0 Å². The van der Waals surface area contributed by atoms with Crippen LogP contribution in [0, 0.1) is 12.8 Å². The first-order chi connectivity index (χ1) is 6.75. The molecule has 1 saturated carbocycles. The summed E-state index contributed by atoms with van der Waals surface area (Å²) in [5.74, 6) is 1.61. The van der Waals surface area contributed by atoms with Gasteiger partial charge < -0.3 is 5.73 Å². The van der Waals surface area contributed by atoms with Crippen molar-refractivity contribution in [3.63, 3.8) is 0 Å². The molecule has 0 spiro atoms. The van der Waals surface area contributed by atoms with Gasteiger partial charge >= 0.3 is 0 Å². The smallest absolute Gasteiger partial charge is 0.144 e. The third kappa shape index (κ3) is 2.10. The molecule has 1 aromatic rings. The van der Waals surface area contributed by atoms with Gasteiger partial charge in [-0.1, -0.05) is 19.3 Å². The van der Waals surface area contributed by atoms with E-state index in [4.69, 9.17) is 5.73 Å². The Labute approximate surface area is 84.8 Å². The van der Waals surface area contributed by atoms with E-state index in [-0.39, 0.29) is 6.04 Å². The molecule has 76 valence electrons. The number of rotatable bonds is 3. The molecule has 14 heavy (non-hydrogen) atoms. The summed E-state index contributed by atoms with van der Waals surface area (Å²) in [4.78, 5) is 8.51. The fourth-order valence-electron chi connectivity index (χ4n) is 1.79. The van der Waals surface area contributed by atoms with E-state index in [1.807, 2.05) is 19.3 Å². The second-order valence-electron chi connectivity index (χ2n) is 4.26. The molecule has 1 aromatic heterocycles. The highest BCUT2D eigenvalue weighted by molar-refractivity contribution is 5.04. The number of hydrogen-bond acceptors (Lipinski definition) is 3. The van der Waals surface area contributed by atoms with Crippen LogP contribution in [0.15, 0.2) is 12.4 Å². The normalized spacial score (nSPS) is 19.0. The van der Waals surface area contributed by atoms with Gasteiger partial charge in [0.25, 0.3) is 0 Å². The van der Waals surface area contributed by atoms with Crippen LogP contribution in [-0.2, 0) is 0 Å². The van der Waals surface area contributed by atoms with E-state index in [1.54, 1.807) is 0 Å². The first kappa shape index (κ1) is 9.59. The molecule has 1 atom stereocenters. The van der Waals surface area contributed by atoms with Gasteiger partial charge in [0.05, 0.1) is 6.04 Å². The van der Waals surface area contributed by atoms with Crippen molar-refractivity contribution in [1.29, 1.82) is 0 Å². The van der Waals surface area contributed by atoms with Crippen LogP contribution in [0.25, 0.3) is 0 Å². The van der Waals surface area contributed by atoms with Gasteiger partial charge in [-0.2, -0.15) is 0 Å². The molecule has 2 rings (SSSR count). The predicted molar refractivity (Wildman–Crippen MR) is 55.7 cm³/mol. The molecule has 2 N–H and O–H groups in total. The summed E-state index contributed by atoms with van der Waals surface area (Å²) < 4.78 is 0. The first-order valence-corrected chi connectivity index (χ1v) is 5.30. The van der Waals surface area contributed by atoms with Crippen LogP contribution in [0.3, 0.4) is 0 Å². The summed E-state index contributed by atoms with van der Waals surface area (Å²) >= 11 is 0. The lowest BCUT2D eigenvalue weighted by Crippen LogP contribution is -2.21. The molecule has 1 aliphatic rings. The molecule has 0 amide bonds. The Balaban J connectivity index is 1.95. The lowest BCUT2D eigenvalue weighted by molar-refractivity contribution is 0.274. The third-order valence-electron chi connectivity index (χ3n) is 2.94. The van der Waals surface area contributed by atoms with Crippen molar-refractivity contribution < 1.29 is 0 Å². The minimum absolute atomic E-state index is 0.0286. The van der Waals surface area contributed by atoms with Crippen LogP contribution >= 0.6 is 0 Å². The molecule has 0 radical (unpaired) electrons. The van der Waals surface area contributed by atoms with E-state index in [9.17, 15) is 0 Å². The average Bonchev–Trinajstić information content (AvgIpc) is 2.12. The summed E-state index contributed by atoms with van der Waals surface area (Å²) in [6, 6.07) is 0.0286. The van der Waals surface area contributed by atoms with Gasteiger partial charge in [0.2, 0.25) is 0 Å². The Kier molecular flexibility index (Phi) is 2.77. The summed E-state index contributed by atoms with van der Waals surface area (Å²) in [5, 5.41) is 0. The number of aromatic nitrogens is 2.